The molecule has 0 bridgehead atoms. The first-order valence-electron chi connectivity index (χ1n) is 10.4. The number of ketones is 1. The molecule has 3 aromatic carbocycles. The Morgan fingerprint density at radius 2 is 1.50 bits per heavy atom. The van der Waals surface area contributed by atoms with Gasteiger partial charge in [0.1, 0.15) is 5.60 Å². The minimum atomic E-state index is -0.643. The lowest BCUT2D eigenvalue weighted by Crippen LogP contribution is -2.52. The van der Waals surface area contributed by atoms with Crippen molar-refractivity contribution in [2.45, 2.75) is 39.2 Å². The van der Waals surface area contributed by atoms with E-state index in [1.54, 1.807) is 4.90 Å². The number of carbonyl (C=O) groups excluding carboxylic acids is 2. The molecule has 4 heteroatoms. The first kappa shape index (κ1) is 18.9. The average molecular weight is 399 g/mol. The molecule has 1 amide bonds. The third-order valence-corrected chi connectivity index (χ3v) is 6.13. The molecule has 4 nitrogen and oxygen atoms in total. The van der Waals surface area contributed by atoms with Gasteiger partial charge in [-0.25, -0.2) is 4.79 Å². The van der Waals surface area contributed by atoms with E-state index in [2.05, 4.69) is 12.1 Å². The van der Waals surface area contributed by atoms with Gasteiger partial charge >= 0.3 is 6.09 Å². The van der Waals surface area contributed by atoms with Crippen molar-refractivity contribution in [3.8, 4) is 0 Å². The molecular formula is C26H25NO3. The van der Waals surface area contributed by atoms with Crippen LogP contribution < -0.4 is 4.90 Å². The molecule has 30 heavy (non-hydrogen) atoms. The molecule has 152 valence electrons. The maximum atomic E-state index is 13.8. The van der Waals surface area contributed by atoms with Crippen LogP contribution in [-0.2, 0) is 17.6 Å². The number of benzene rings is 3. The summed E-state index contributed by atoms with van der Waals surface area (Å²) in [6, 6.07) is 20.0. The highest BCUT2D eigenvalue weighted by atomic mass is 16.6. The van der Waals surface area contributed by atoms with Crippen LogP contribution in [-0.4, -0.2) is 24.0 Å². The quantitative estimate of drug-likeness (QED) is 0.497. The second-order valence-corrected chi connectivity index (χ2v) is 9.51. The summed E-state index contributed by atoms with van der Waals surface area (Å²) < 4.78 is 5.74. The lowest BCUT2D eigenvalue weighted by molar-refractivity contribution is 0.0547. The lowest BCUT2D eigenvalue weighted by atomic mass is 9.73. The van der Waals surface area contributed by atoms with Crippen LogP contribution in [0, 0.1) is 5.41 Å². The Morgan fingerprint density at radius 3 is 2.10 bits per heavy atom. The molecule has 1 aliphatic heterocycles. The van der Waals surface area contributed by atoms with Crippen LogP contribution in [0.4, 0.5) is 10.5 Å². The molecule has 0 unspecified atom stereocenters. The fourth-order valence-electron chi connectivity index (χ4n) is 4.83. The molecule has 0 atom stereocenters. The van der Waals surface area contributed by atoms with Crippen molar-refractivity contribution in [1.82, 2.24) is 0 Å². The van der Waals surface area contributed by atoms with Crippen molar-refractivity contribution < 1.29 is 14.3 Å². The smallest absolute Gasteiger partial charge is 0.414 e. The molecule has 2 aliphatic rings. The molecule has 3 aromatic rings. The van der Waals surface area contributed by atoms with E-state index >= 15 is 0 Å². The fourth-order valence-corrected chi connectivity index (χ4v) is 4.83. The number of fused-ring (bicyclic) bond motifs is 3. The largest absolute Gasteiger partial charge is 0.443 e. The number of carbonyl (C=O) groups is 2. The van der Waals surface area contributed by atoms with Gasteiger partial charge < -0.3 is 4.74 Å². The van der Waals surface area contributed by atoms with Crippen LogP contribution in [0.15, 0.2) is 60.7 Å². The SMILES string of the molecule is CC(C)(C)OC(=O)N1CC2(Cc3ccccc3C2)C(=O)c2cc3ccccc3cc21. The Balaban J connectivity index is 1.66. The van der Waals surface area contributed by atoms with Crippen molar-refractivity contribution >= 4 is 28.3 Å². The monoisotopic (exact) mass is 399 g/mol. The highest BCUT2D eigenvalue weighted by Gasteiger charge is 2.50. The number of hydrogen-bond donors (Lipinski definition) is 0. The van der Waals surface area contributed by atoms with E-state index in [1.807, 2.05) is 69.3 Å². The van der Waals surface area contributed by atoms with Gasteiger partial charge in [0.2, 0.25) is 0 Å². The zero-order valence-corrected chi connectivity index (χ0v) is 17.6. The Labute approximate surface area is 176 Å². The van der Waals surface area contributed by atoms with E-state index < -0.39 is 17.1 Å². The molecule has 1 spiro atoms. The van der Waals surface area contributed by atoms with Gasteiger partial charge in [-0.05, 0) is 67.6 Å². The first-order chi connectivity index (χ1) is 14.3. The Kier molecular flexibility index (Phi) is 4.04. The van der Waals surface area contributed by atoms with Crippen molar-refractivity contribution in [2.75, 3.05) is 11.4 Å². The average Bonchev–Trinajstić information content (AvgIpc) is 3.07. The summed E-state index contributed by atoms with van der Waals surface area (Å²) in [6.45, 7) is 5.92. The fraction of sp³-hybridized carbons (Fsp3) is 0.308. The maximum Gasteiger partial charge on any atom is 0.414 e. The van der Waals surface area contributed by atoms with Crippen molar-refractivity contribution in [3.05, 3.63) is 77.4 Å². The molecule has 0 saturated heterocycles. The topological polar surface area (TPSA) is 46.6 Å². The maximum absolute atomic E-state index is 13.8. The van der Waals surface area contributed by atoms with Crippen molar-refractivity contribution in [3.63, 3.8) is 0 Å². The zero-order valence-electron chi connectivity index (χ0n) is 17.6. The number of hydrogen-bond acceptors (Lipinski definition) is 3. The Hall–Kier alpha value is -3.14. The van der Waals surface area contributed by atoms with Crippen LogP contribution in [0.5, 0.6) is 0 Å². The minimum Gasteiger partial charge on any atom is -0.443 e. The van der Waals surface area contributed by atoms with Crippen LogP contribution in [0.2, 0.25) is 0 Å². The predicted molar refractivity (Wildman–Crippen MR) is 118 cm³/mol. The van der Waals surface area contributed by atoms with Gasteiger partial charge in [0.25, 0.3) is 0 Å². The van der Waals surface area contributed by atoms with E-state index in [-0.39, 0.29) is 5.78 Å². The number of amides is 1. The van der Waals surface area contributed by atoms with Gasteiger partial charge in [0, 0.05) is 12.1 Å². The number of rotatable bonds is 0. The molecule has 0 saturated carbocycles. The third-order valence-electron chi connectivity index (χ3n) is 6.13. The van der Waals surface area contributed by atoms with E-state index in [9.17, 15) is 9.59 Å². The summed E-state index contributed by atoms with van der Waals surface area (Å²) in [5.41, 5.74) is 2.39. The van der Waals surface area contributed by atoms with Crippen LogP contribution >= 0.6 is 0 Å². The first-order valence-corrected chi connectivity index (χ1v) is 10.4. The van der Waals surface area contributed by atoms with Gasteiger partial charge in [0.05, 0.1) is 11.1 Å². The number of ether oxygens (including phenoxy) is 1. The minimum absolute atomic E-state index is 0.124. The third kappa shape index (κ3) is 2.98. The van der Waals surface area contributed by atoms with E-state index in [1.165, 1.54) is 11.1 Å². The van der Waals surface area contributed by atoms with E-state index in [4.69, 9.17) is 4.74 Å². The number of Topliss-reactive ketones (excluding diaryl/α,β-unsaturated/α-hetero) is 1. The standard InChI is InChI=1S/C26H25NO3/c1-25(2,3)30-24(29)27-16-26(14-19-10-6-7-11-20(19)15-26)23(28)21-12-17-8-4-5-9-18(17)13-22(21)27/h4-13H,14-16H2,1-3H3. The van der Waals surface area contributed by atoms with Gasteiger partial charge in [-0.3, -0.25) is 9.69 Å². The molecule has 0 fully saturated rings. The second-order valence-electron chi connectivity index (χ2n) is 9.51. The molecule has 1 aliphatic carbocycles. The van der Waals surface area contributed by atoms with Crippen molar-refractivity contribution in [1.29, 1.82) is 0 Å². The zero-order chi connectivity index (χ0) is 21.1. The predicted octanol–water partition coefficient (Wildman–Crippen LogP) is 5.56. The molecule has 5 rings (SSSR count). The normalized spacial score (nSPS) is 17.2. The summed E-state index contributed by atoms with van der Waals surface area (Å²) in [5, 5.41) is 2.00. The summed E-state index contributed by atoms with van der Waals surface area (Å²) in [7, 11) is 0. The van der Waals surface area contributed by atoms with Gasteiger partial charge in [0.15, 0.2) is 5.78 Å². The van der Waals surface area contributed by atoms with E-state index in [0.717, 1.165) is 10.8 Å². The van der Waals surface area contributed by atoms with Gasteiger partial charge in [-0.2, -0.15) is 0 Å². The summed E-state index contributed by atoms with van der Waals surface area (Å²) >= 11 is 0. The van der Waals surface area contributed by atoms with Crippen LogP contribution in [0.1, 0.15) is 42.3 Å². The van der Waals surface area contributed by atoms with Gasteiger partial charge in [-0.1, -0.05) is 48.5 Å². The van der Waals surface area contributed by atoms with Crippen molar-refractivity contribution in [2.24, 2.45) is 5.41 Å². The van der Waals surface area contributed by atoms with E-state index in [0.29, 0.717) is 30.6 Å². The molecular weight excluding hydrogens is 374 g/mol. The summed E-state index contributed by atoms with van der Waals surface area (Å²) in [4.78, 5) is 28.7. The highest BCUT2D eigenvalue weighted by Crippen LogP contribution is 2.46. The molecule has 0 N–H and O–H groups in total. The van der Waals surface area contributed by atoms with Gasteiger partial charge in [-0.15, -0.1) is 0 Å². The molecule has 0 aromatic heterocycles. The number of nitrogens with zero attached hydrogens (tertiary/aromatic N) is 1. The highest BCUT2D eigenvalue weighted by molar-refractivity contribution is 6.14. The molecule has 0 radical (unpaired) electrons. The summed E-state index contributed by atoms with van der Waals surface area (Å²) in [6.07, 6.45) is 0.892. The second kappa shape index (κ2) is 6.43. The van der Waals surface area contributed by atoms with Crippen LogP contribution in [0.25, 0.3) is 10.8 Å². The number of anilines is 1. The van der Waals surface area contributed by atoms with Crippen LogP contribution in [0.3, 0.4) is 0 Å². The lowest BCUT2D eigenvalue weighted by Gasteiger charge is -2.40. The molecule has 1 heterocycles. The Morgan fingerprint density at radius 1 is 0.933 bits per heavy atom. The summed E-state index contributed by atoms with van der Waals surface area (Å²) in [5.74, 6) is 0.124. The Bertz CT molecular complexity index is 1160.